The van der Waals surface area contributed by atoms with E-state index in [1.165, 1.54) is 12.1 Å². The molecule has 1 saturated heterocycles. The lowest BCUT2D eigenvalue weighted by molar-refractivity contribution is -0.137. The van der Waals surface area contributed by atoms with Crippen LogP contribution in [0.4, 0.5) is 4.79 Å². The van der Waals surface area contributed by atoms with Crippen molar-refractivity contribution in [3.05, 3.63) is 64.3 Å². The molecule has 45 heavy (non-hydrogen) atoms. The maximum absolute atomic E-state index is 13.4. The Balaban J connectivity index is 1.25. The number of carbonyl (C=O) groups excluding carboxylic acids is 2. The Hall–Kier alpha value is -4.45. The predicted molar refractivity (Wildman–Crippen MR) is 168 cm³/mol. The molecule has 0 aromatic carbocycles. The Kier molecular flexibility index (Phi) is 10.0. The molecule has 0 aliphatic carbocycles. The summed E-state index contributed by atoms with van der Waals surface area (Å²) in [6.07, 6.45) is 7.41. The molecule has 1 fully saturated rings. The molecule has 1 amide bonds. The highest BCUT2D eigenvalue weighted by atomic mass is 16.6. The fourth-order valence-electron chi connectivity index (χ4n) is 5.47. The van der Waals surface area contributed by atoms with Gasteiger partial charge in [-0.1, -0.05) is 0 Å². The molecular formula is C33H41N5O7. The van der Waals surface area contributed by atoms with Crippen LogP contribution in [0.25, 0.3) is 17.1 Å². The van der Waals surface area contributed by atoms with Crippen LogP contribution in [0, 0.1) is 0 Å². The Morgan fingerprint density at radius 2 is 1.80 bits per heavy atom. The molecule has 2 aliphatic rings. The molecule has 2 aliphatic heterocycles. The lowest BCUT2D eigenvalue weighted by Crippen LogP contribution is -2.49. The molecule has 0 bridgehead atoms. The van der Waals surface area contributed by atoms with Crippen molar-refractivity contribution < 1.29 is 28.5 Å². The smallest absolute Gasteiger partial charge is 0.410 e. The molecule has 3 aromatic heterocycles. The minimum absolute atomic E-state index is 0.0377. The highest BCUT2D eigenvalue weighted by Crippen LogP contribution is 2.30. The van der Waals surface area contributed by atoms with Crippen molar-refractivity contribution in [3.63, 3.8) is 0 Å². The monoisotopic (exact) mass is 619 g/mol. The summed E-state index contributed by atoms with van der Waals surface area (Å²) >= 11 is 0. The average Bonchev–Trinajstić information content (AvgIpc) is 3.01. The van der Waals surface area contributed by atoms with Crippen molar-refractivity contribution in [1.29, 1.82) is 0 Å². The molecule has 240 valence electrons. The summed E-state index contributed by atoms with van der Waals surface area (Å²) in [6.45, 7) is 11.5. The van der Waals surface area contributed by atoms with E-state index in [1.807, 2.05) is 32.9 Å². The summed E-state index contributed by atoms with van der Waals surface area (Å²) in [5.74, 6) is 0.804. The Bertz CT molecular complexity index is 1610. The fraction of sp³-hybridized carbons (Fsp3) is 0.485. The van der Waals surface area contributed by atoms with E-state index in [1.54, 1.807) is 40.9 Å². The van der Waals surface area contributed by atoms with Gasteiger partial charge in [0, 0.05) is 56.6 Å². The van der Waals surface area contributed by atoms with E-state index in [9.17, 15) is 14.4 Å². The molecule has 0 unspecified atom stereocenters. The maximum Gasteiger partial charge on any atom is 0.410 e. The number of esters is 1. The van der Waals surface area contributed by atoms with Crippen LogP contribution in [0.3, 0.4) is 0 Å². The number of amides is 1. The molecule has 0 spiro atoms. The third kappa shape index (κ3) is 8.39. The van der Waals surface area contributed by atoms with Gasteiger partial charge >= 0.3 is 12.1 Å². The molecule has 12 heteroatoms. The summed E-state index contributed by atoms with van der Waals surface area (Å²) in [5.41, 5.74) is 2.05. The van der Waals surface area contributed by atoms with E-state index < -0.39 is 11.6 Å². The summed E-state index contributed by atoms with van der Waals surface area (Å²) in [5, 5.41) is 0. The summed E-state index contributed by atoms with van der Waals surface area (Å²) < 4.78 is 23.8. The number of fused-ring (bicyclic) bond motifs is 2. The first-order chi connectivity index (χ1) is 21.6. The van der Waals surface area contributed by atoms with Crippen LogP contribution >= 0.6 is 0 Å². The van der Waals surface area contributed by atoms with Gasteiger partial charge in [0.25, 0.3) is 5.56 Å². The summed E-state index contributed by atoms with van der Waals surface area (Å²) in [7, 11) is 0. The van der Waals surface area contributed by atoms with E-state index in [-0.39, 0.29) is 17.7 Å². The van der Waals surface area contributed by atoms with Crippen LogP contribution in [0.5, 0.6) is 11.5 Å². The largest absolute Gasteiger partial charge is 0.486 e. The first-order valence-corrected chi connectivity index (χ1v) is 15.4. The number of pyridine rings is 3. The topological polar surface area (TPSA) is 125 Å². The van der Waals surface area contributed by atoms with Gasteiger partial charge in [-0.25, -0.2) is 9.59 Å². The predicted octanol–water partition coefficient (Wildman–Crippen LogP) is 4.04. The molecule has 12 nitrogen and oxygen atoms in total. The molecule has 0 radical (unpaired) electrons. The van der Waals surface area contributed by atoms with Gasteiger partial charge < -0.3 is 28.4 Å². The fourth-order valence-corrected chi connectivity index (χ4v) is 5.47. The molecule has 0 atom stereocenters. The number of hydrogen-bond acceptors (Lipinski definition) is 10. The van der Waals surface area contributed by atoms with E-state index in [0.717, 1.165) is 25.9 Å². The quantitative estimate of drug-likeness (QED) is 0.256. The first-order valence-electron chi connectivity index (χ1n) is 15.4. The Morgan fingerprint density at radius 3 is 2.53 bits per heavy atom. The van der Waals surface area contributed by atoms with Gasteiger partial charge in [-0.05, 0) is 64.3 Å². The van der Waals surface area contributed by atoms with Gasteiger partial charge in [0.05, 0.1) is 36.1 Å². The van der Waals surface area contributed by atoms with Gasteiger partial charge in [0.2, 0.25) is 0 Å². The number of likely N-dealkylation sites (tertiary alicyclic amines) is 1. The van der Waals surface area contributed by atoms with Crippen LogP contribution in [-0.2, 0) is 27.4 Å². The van der Waals surface area contributed by atoms with Crippen LogP contribution in [0.2, 0.25) is 0 Å². The van der Waals surface area contributed by atoms with Crippen molar-refractivity contribution in [2.24, 2.45) is 0 Å². The van der Waals surface area contributed by atoms with Gasteiger partial charge in [-0.3, -0.25) is 19.7 Å². The third-order valence-electron chi connectivity index (χ3n) is 7.64. The highest BCUT2D eigenvalue weighted by molar-refractivity contribution is 5.88. The van der Waals surface area contributed by atoms with Crippen molar-refractivity contribution in [2.45, 2.75) is 65.3 Å². The van der Waals surface area contributed by atoms with E-state index in [2.05, 4.69) is 14.9 Å². The molecule has 0 saturated carbocycles. The third-order valence-corrected chi connectivity index (χ3v) is 7.64. The van der Waals surface area contributed by atoms with Crippen LogP contribution in [0.15, 0.2) is 47.5 Å². The van der Waals surface area contributed by atoms with Gasteiger partial charge in [-0.2, -0.15) is 0 Å². The Morgan fingerprint density at radius 1 is 1.04 bits per heavy atom. The number of carbonyl (C=O) groups is 2. The van der Waals surface area contributed by atoms with E-state index >= 15 is 0 Å². The second-order valence-corrected chi connectivity index (χ2v) is 12.1. The zero-order valence-corrected chi connectivity index (χ0v) is 26.4. The minimum atomic E-state index is -0.634. The van der Waals surface area contributed by atoms with Gasteiger partial charge in [0.15, 0.2) is 11.5 Å². The zero-order chi connectivity index (χ0) is 32.0. The van der Waals surface area contributed by atoms with E-state index in [4.69, 9.17) is 18.9 Å². The molecule has 3 aromatic rings. The number of ether oxygens (including phenoxy) is 4. The standard InChI is InChI=1S/C33H41N5O7/c1-5-42-31(40)9-6-23-18-27-26(35-20-23)7-8-30(39)37(27)15-14-36-12-10-25(11-13-36)38(32(41)45-33(2,3)4)22-24-19-28-29(21-34-24)44-17-16-43-28/h6-9,18-21,25H,5,10-17,22H2,1-4H3. The SMILES string of the molecule is CCOC(=O)C=Cc1cnc2ccc(=O)n(CCN3CCC(N(Cc4cc5c(cn4)OCCO5)C(=O)OC(C)(C)C)CC3)c2c1. The maximum atomic E-state index is 13.4. The average molecular weight is 620 g/mol. The lowest BCUT2D eigenvalue weighted by Gasteiger charge is -2.39. The molecule has 5 heterocycles. The number of piperidine rings is 1. The first kappa shape index (κ1) is 32.0. The number of rotatable bonds is 9. The van der Waals surface area contributed by atoms with Crippen molar-refractivity contribution in [3.8, 4) is 11.5 Å². The summed E-state index contributed by atoms with van der Waals surface area (Å²) in [6, 6.07) is 6.89. The van der Waals surface area contributed by atoms with Gasteiger partial charge in [0.1, 0.15) is 18.8 Å². The van der Waals surface area contributed by atoms with Crippen molar-refractivity contribution >= 4 is 29.2 Å². The molecule has 5 rings (SSSR count). The van der Waals surface area contributed by atoms with Crippen LogP contribution in [0.1, 0.15) is 51.8 Å². The van der Waals surface area contributed by atoms with Crippen molar-refractivity contribution in [1.82, 2.24) is 24.3 Å². The van der Waals surface area contributed by atoms with Gasteiger partial charge in [-0.15, -0.1) is 0 Å². The lowest BCUT2D eigenvalue weighted by atomic mass is 10.0. The minimum Gasteiger partial charge on any atom is -0.486 e. The Labute approximate surface area is 262 Å². The normalized spacial score (nSPS) is 15.7. The summed E-state index contributed by atoms with van der Waals surface area (Å²) in [4.78, 5) is 51.1. The van der Waals surface area contributed by atoms with Crippen molar-refractivity contribution in [2.75, 3.05) is 39.5 Å². The highest BCUT2D eigenvalue weighted by Gasteiger charge is 2.32. The number of hydrogen-bond donors (Lipinski definition) is 0. The second kappa shape index (κ2) is 14.1. The second-order valence-electron chi connectivity index (χ2n) is 12.1. The van der Waals surface area contributed by atoms with Crippen LogP contribution < -0.4 is 15.0 Å². The molecular weight excluding hydrogens is 578 g/mol. The molecule has 0 N–H and O–H groups in total. The van der Waals surface area contributed by atoms with E-state index in [0.29, 0.717) is 73.2 Å². The van der Waals surface area contributed by atoms with Crippen LogP contribution in [-0.4, -0.2) is 87.5 Å². The number of nitrogens with zero attached hydrogens (tertiary/aromatic N) is 5. The number of aromatic nitrogens is 3. The zero-order valence-electron chi connectivity index (χ0n) is 26.4.